The molecule has 4 rings (SSSR count). The van der Waals surface area contributed by atoms with Gasteiger partial charge in [0.05, 0.1) is 12.2 Å². The molecule has 0 amide bonds. The van der Waals surface area contributed by atoms with Crippen LogP contribution in [-0.4, -0.2) is 35.7 Å². The van der Waals surface area contributed by atoms with Crippen molar-refractivity contribution in [1.82, 2.24) is 15.4 Å². The van der Waals surface area contributed by atoms with Gasteiger partial charge in [-0.3, -0.25) is 4.90 Å². The predicted molar refractivity (Wildman–Crippen MR) is 92.0 cm³/mol. The summed E-state index contributed by atoms with van der Waals surface area (Å²) < 4.78 is 5.59. The largest absolute Gasteiger partial charge is 0.360 e. The number of fused-ring (bicyclic) bond motifs is 1. The fraction of sp³-hybridized carbons (Fsp3) is 0.812. The zero-order valence-electron chi connectivity index (χ0n) is 13.0. The summed E-state index contributed by atoms with van der Waals surface area (Å²) in [6.45, 7) is 4.53. The van der Waals surface area contributed by atoms with Crippen LogP contribution in [0.4, 0.5) is 0 Å². The van der Waals surface area contributed by atoms with Crippen LogP contribution < -0.4 is 5.32 Å². The highest BCUT2D eigenvalue weighted by Crippen LogP contribution is 2.32. The van der Waals surface area contributed by atoms with Gasteiger partial charge in [-0.1, -0.05) is 24.4 Å². The van der Waals surface area contributed by atoms with Crippen LogP contribution in [0.2, 0.25) is 0 Å². The maximum atomic E-state index is 5.59. The first-order valence-electron chi connectivity index (χ1n) is 8.30. The molecular formula is C16H27Cl2N3O. The quantitative estimate of drug-likeness (QED) is 0.910. The second-order valence-corrected chi connectivity index (χ2v) is 6.86. The second kappa shape index (κ2) is 8.00. The van der Waals surface area contributed by atoms with E-state index < -0.39 is 0 Å². The molecule has 0 unspecified atom stereocenters. The summed E-state index contributed by atoms with van der Waals surface area (Å²) >= 11 is 0. The predicted octanol–water partition coefficient (Wildman–Crippen LogP) is 3.36. The van der Waals surface area contributed by atoms with E-state index in [-0.39, 0.29) is 24.8 Å². The Kier molecular flexibility index (Phi) is 6.57. The Morgan fingerprint density at radius 2 is 1.95 bits per heavy atom. The number of likely N-dealkylation sites (tertiary alicyclic amines) is 1. The molecular weight excluding hydrogens is 321 g/mol. The molecule has 0 radical (unpaired) electrons. The standard InChI is InChI=1S/C16H25N3O.2ClH/c1-2-4-12(5-3-1)15-8-14(20-18-15)10-19-9-13-6-7-17-16(13)11-19;;/h8,12-13,16-17H,1-7,9-11H2;2*1H/t13-,16+;;/m0../s1. The van der Waals surface area contributed by atoms with Crippen LogP contribution in [0.1, 0.15) is 55.9 Å². The lowest BCUT2D eigenvalue weighted by atomic mass is 9.87. The molecule has 126 valence electrons. The van der Waals surface area contributed by atoms with Gasteiger partial charge in [-0.15, -0.1) is 24.8 Å². The van der Waals surface area contributed by atoms with Gasteiger partial charge in [0.2, 0.25) is 0 Å². The molecule has 3 fully saturated rings. The fourth-order valence-electron chi connectivity index (χ4n) is 4.28. The molecule has 2 saturated heterocycles. The lowest BCUT2D eigenvalue weighted by Gasteiger charge is -2.18. The summed E-state index contributed by atoms with van der Waals surface area (Å²) in [4.78, 5) is 2.52. The lowest BCUT2D eigenvalue weighted by Crippen LogP contribution is -2.29. The Hall–Kier alpha value is -0.290. The first-order valence-corrected chi connectivity index (χ1v) is 8.30. The molecule has 0 spiro atoms. The molecule has 1 aromatic heterocycles. The van der Waals surface area contributed by atoms with E-state index in [0.29, 0.717) is 5.92 Å². The van der Waals surface area contributed by atoms with E-state index in [0.717, 1.165) is 24.3 Å². The van der Waals surface area contributed by atoms with E-state index in [2.05, 4.69) is 21.4 Å². The summed E-state index contributed by atoms with van der Waals surface area (Å²) in [5.74, 6) is 2.57. The minimum absolute atomic E-state index is 0. The van der Waals surface area contributed by atoms with Gasteiger partial charge in [-0.05, 0) is 31.7 Å². The van der Waals surface area contributed by atoms with Crippen molar-refractivity contribution < 1.29 is 4.52 Å². The second-order valence-electron chi connectivity index (χ2n) is 6.86. The Bertz CT molecular complexity index is 450. The van der Waals surface area contributed by atoms with Gasteiger partial charge < -0.3 is 9.84 Å². The van der Waals surface area contributed by atoms with Crippen molar-refractivity contribution in [3.8, 4) is 0 Å². The SMILES string of the molecule is Cl.Cl.c1c(C2CCCCC2)noc1CN1C[C@@H]2CCN[C@@H]2C1. The number of nitrogens with zero attached hydrogens (tertiary/aromatic N) is 2. The van der Waals surface area contributed by atoms with E-state index in [1.807, 2.05) is 0 Å². The molecule has 6 heteroatoms. The molecule has 0 bridgehead atoms. The molecule has 1 aromatic rings. The fourth-order valence-corrected chi connectivity index (χ4v) is 4.28. The summed E-state index contributed by atoms with van der Waals surface area (Å²) in [6, 6.07) is 2.94. The van der Waals surface area contributed by atoms with Crippen LogP contribution in [0.3, 0.4) is 0 Å². The van der Waals surface area contributed by atoms with E-state index in [9.17, 15) is 0 Å². The maximum absolute atomic E-state index is 5.59. The molecule has 3 heterocycles. The van der Waals surface area contributed by atoms with Crippen molar-refractivity contribution in [2.75, 3.05) is 19.6 Å². The Labute approximate surface area is 145 Å². The minimum atomic E-state index is 0. The first-order chi connectivity index (χ1) is 9.88. The van der Waals surface area contributed by atoms with Crippen molar-refractivity contribution in [2.45, 2.75) is 57.0 Å². The summed E-state index contributed by atoms with van der Waals surface area (Å²) in [5, 5.41) is 7.94. The van der Waals surface area contributed by atoms with Gasteiger partial charge >= 0.3 is 0 Å². The highest BCUT2D eigenvalue weighted by atomic mass is 35.5. The number of hydrogen-bond acceptors (Lipinski definition) is 4. The number of aromatic nitrogens is 1. The molecule has 1 saturated carbocycles. The van der Waals surface area contributed by atoms with Crippen molar-refractivity contribution in [1.29, 1.82) is 0 Å². The van der Waals surface area contributed by atoms with Gasteiger partial charge in [0, 0.05) is 31.1 Å². The summed E-state index contributed by atoms with van der Waals surface area (Å²) in [5.41, 5.74) is 1.21. The lowest BCUT2D eigenvalue weighted by molar-refractivity contribution is 0.258. The first kappa shape index (κ1) is 18.1. The molecule has 2 atom stereocenters. The topological polar surface area (TPSA) is 41.3 Å². The number of halogens is 2. The van der Waals surface area contributed by atoms with E-state index in [1.54, 1.807) is 0 Å². The van der Waals surface area contributed by atoms with E-state index in [4.69, 9.17) is 4.52 Å². The average molecular weight is 348 g/mol. The Morgan fingerprint density at radius 1 is 1.14 bits per heavy atom. The summed E-state index contributed by atoms with van der Waals surface area (Å²) in [6.07, 6.45) is 8.03. The van der Waals surface area contributed by atoms with Crippen LogP contribution in [0.5, 0.6) is 0 Å². The monoisotopic (exact) mass is 347 g/mol. The van der Waals surface area contributed by atoms with E-state index in [1.165, 1.54) is 63.9 Å². The third kappa shape index (κ3) is 3.78. The zero-order chi connectivity index (χ0) is 13.4. The number of rotatable bonds is 3. The Balaban J connectivity index is 0.000000882. The molecule has 2 aliphatic heterocycles. The third-order valence-electron chi connectivity index (χ3n) is 5.42. The highest BCUT2D eigenvalue weighted by Gasteiger charge is 2.36. The van der Waals surface area contributed by atoms with Crippen molar-refractivity contribution in [3.05, 3.63) is 17.5 Å². The minimum Gasteiger partial charge on any atom is -0.360 e. The van der Waals surface area contributed by atoms with Gasteiger partial charge in [-0.25, -0.2) is 0 Å². The molecule has 4 nitrogen and oxygen atoms in total. The van der Waals surface area contributed by atoms with Gasteiger partial charge in [-0.2, -0.15) is 0 Å². The van der Waals surface area contributed by atoms with Crippen molar-refractivity contribution >= 4 is 24.8 Å². The van der Waals surface area contributed by atoms with Crippen LogP contribution in [0.25, 0.3) is 0 Å². The van der Waals surface area contributed by atoms with Gasteiger partial charge in [0.25, 0.3) is 0 Å². The Morgan fingerprint density at radius 3 is 2.73 bits per heavy atom. The van der Waals surface area contributed by atoms with Crippen molar-refractivity contribution in [2.24, 2.45) is 5.92 Å². The third-order valence-corrected chi connectivity index (χ3v) is 5.42. The van der Waals surface area contributed by atoms with Crippen LogP contribution in [-0.2, 0) is 6.54 Å². The van der Waals surface area contributed by atoms with Gasteiger partial charge in [0.1, 0.15) is 0 Å². The average Bonchev–Trinajstić information content (AvgIpc) is 3.16. The normalized spacial score (nSPS) is 28.9. The van der Waals surface area contributed by atoms with Crippen LogP contribution in [0, 0.1) is 5.92 Å². The smallest absolute Gasteiger partial charge is 0.150 e. The highest BCUT2D eigenvalue weighted by molar-refractivity contribution is 5.85. The molecule has 1 N–H and O–H groups in total. The van der Waals surface area contributed by atoms with Gasteiger partial charge in [0.15, 0.2) is 5.76 Å². The van der Waals surface area contributed by atoms with Crippen LogP contribution >= 0.6 is 24.8 Å². The maximum Gasteiger partial charge on any atom is 0.150 e. The van der Waals surface area contributed by atoms with Crippen LogP contribution in [0.15, 0.2) is 10.6 Å². The number of nitrogens with one attached hydrogen (secondary N) is 1. The molecule has 0 aromatic carbocycles. The van der Waals surface area contributed by atoms with E-state index >= 15 is 0 Å². The molecule has 1 aliphatic carbocycles. The molecule has 22 heavy (non-hydrogen) atoms. The summed E-state index contributed by atoms with van der Waals surface area (Å²) in [7, 11) is 0. The van der Waals surface area contributed by atoms with Crippen molar-refractivity contribution in [3.63, 3.8) is 0 Å². The number of hydrogen-bond donors (Lipinski definition) is 1. The zero-order valence-corrected chi connectivity index (χ0v) is 14.6. The molecule has 3 aliphatic rings.